The maximum atomic E-state index is 10.5. The quantitative estimate of drug-likeness (QED) is 0.756. The monoisotopic (exact) mass is 208 g/mol. The van der Waals surface area contributed by atoms with Crippen LogP contribution in [0.3, 0.4) is 0 Å². The summed E-state index contributed by atoms with van der Waals surface area (Å²) in [5, 5.41) is 17.1. The van der Waals surface area contributed by atoms with Crippen LogP contribution in [0.5, 0.6) is 0 Å². The van der Waals surface area contributed by atoms with Gasteiger partial charge in [0.15, 0.2) is 0 Å². The summed E-state index contributed by atoms with van der Waals surface area (Å²) in [6.07, 6.45) is -1.00. The normalized spacial score (nSPS) is 9.14. The van der Waals surface area contributed by atoms with E-state index in [1.807, 2.05) is 6.07 Å². The van der Waals surface area contributed by atoms with Gasteiger partial charge in [0.05, 0.1) is 11.6 Å². The summed E-state index contributed by atoms with van der Waals surface area (Å²) in [5.74, 6) is 0. The van der Waals surface area contributed by atoms with E-state index in [9.17, 15) is 4.79 Å². The second-order valence-electron chi connectivity index (χ2n) is 2.51. The van der Waals surface area contributed by atoms with Crippen molar-refractivity contribution in [1.82, 2.24) is 4.31 Å². The molecule has 0 heterocycles. The molecule has 0 aliphatic heterocycles. The van der Waals surface area contributed by atoms with Gasteiger partial charge in [-0.25, -0.2) is 4.79 Å². The molecule has 0 aliphatic carbocycles. The third-order valence-corrected chi connectivity index (χ3v) is 2.41. The summed E-state index contributed by atoms with van der Waals surface area (Å²) >= 11 is 1.10. The molecule has 72 valence electrons. The number of carboxylic acid groups (broad SMARTS) is 1. The highest BCUT2D eigenvalue weighted by Gasteiger charge is 2.06. The first-order valence-electron chi connectivity index (χ1n) is 3.78. The van der Waals surface area contributed by atoms with Gasteiger partial charge in [0.25, 0.3) is 0 Å². The van der Waals surface area contributed by atoms with E-state index in [0.29, 0.717) is 5.56 Å². The Bertz CT molecular complexity index is 369. The smallest absolute Gasteiger partial charge is 0.417 e. The van der Waals surface area contributed by atoms with Crippen molar-refractivity contribution >= 4 is 18.0 Å². The van der Waals surface area contributed by atoms with Crippen LogP contribution in [0.4, 0.5) is 4.79 Å². The second-order valence-corrected chi connectivity index (χ2v) is 3.71. The van der Waals surface area contributed by atoms with Crippen LogP contribution in [0.25, 0.3) is 0 Å². The Labute approximate surface area is 85.9 Å². The van der Waals surface area contributed by atoms with E-state index in [1.54, 1.807) is 24.3 Å². The number of benzene rings is 1. The lowest BCUT2D eigenvalue weighted by atomic mass is 10.2. The fraction of sp³-hybridized carbons (Fsp3) is 0.111. The molecule has 0 radical (unpaired) electrons. The standard InChI is InChI=1S/C9H8N2O2S/c1-11(9(12)13)14-8-4-2-7(6-10)3-5-8/h2-5H,1H3,(H,12,13). The van der Waals surface area contributed by atoms with E-state index < -0.39 is 6.09 Å². The van der Waals surface area contributed by atoms with Crippen LogP contribution in [-0.2, 0) is 0 Å². The maximum absolute atomic E-state index is 10.5. The van der Waals surface area contributed by atoms with E-state index in [2.05, 4.69) is 0 Å². The Morgan fingerprint density at radius 2 is 2.07 bits per heavy atom. The van der Waals surface area contributed by atoms with E-state index in [1.165, 1.54) is 7.05 Å². The van der Waals surface area contributed by atoms with Crippen molar-refractivity contribution in [2.24, 2.45) is 0 Å². The molecule has 1 amide bonds. The molecule has 0 fully saturated rings. The molecular formula is C9H8N2O2S. The molecule has 1 rings (SSSR count). The number of hydrogen-bond donors (Lipinski definition) is 1. The topological polar surface area (TPSA) is 64.3 Å². The lowest BCUT2D eigenvalue weighted by Crippen LogP contribution is -2.15. The van der Waals surface area contributed by atoms with Crippen LogP contribution in [0.15, 0.2) is 29.2 Å². The minimum atomic E-state index is -1.00. The van der Waals surface area contributed by atoms with Gasteiger partial charge in [-0.2, -0.15) is 5.26 Å². The fourth-order valence-corrected chi connectivity index (χ4v) is 1.44. The molecule has 0 atom stereocenters. The largest absolute Gasteiger partial charge is 0.464 e. The Morgan fingerprint density at radius 3 is 2.50 bits per heavy atom. The van der Waals surface area contributed by atoms with Gasteiger partial charge in [-0.15, -0.1) is 0 Å². The second kappa shape index (κ2) is 4.53. The number of carbonyl (C=O) groups is 1. The highest BCUT2D eigenvalue weighted by atomic mass is 32.2. The lowest BCUT2D eigenvalue weighted by molar-refractivity contribution is 0.181. The van der Waals surface area contributed by atoms with Crippen molar-refractivity contribution in [3.05, 3.63) is 29.8 Å². The molecule has 1 aromatic carbocycles. The van der Waals surface area contributed by atoms with Crippen LogP contribution in [0.2, 0.25) is 0 Å². The molecule has 14 heavy (non-hydrogen) atoms. The van der Waals surface area contributed by atoms with Gasteiger partial charge in [0, 0.05) is 11.9 Å². The molecule has 0 bridgehead atoms. The number of nitrogens with zero attached hydrogens (tertiary/aromatic N) is 2. The van der Waals surface area contributed by atoms with Crippen molar-refractivity contribution in [3.8, 4) is 6.07 Å². The van der Waals surface area contributed by atoms with Crippen LogP contribution < -0.4 is 0 Å². The summed E-state index contributed by atoms with van der Waals surface area (Å²) in [6.45, 7) is 0. The van der Waals surface area contributed by atoms with Gasteiger partial charge in [0.1, 0.15) is 0 Å². The van der Waals surface area contributed by atoms with Crippen LogP contribution in [0.1, 0.15) is 5.56 Å². The van der Waals surface area contributed by atoms with Gasteiger partial charge in [0.2, 0.25) is 0 Å². The van der Waals surface area contributed by atoms with Crippen molar-refractivity contribution in [3.63, 3.8) is 0 Å². The molecule has 1 aromatic rings. The average Bonchev–Trinajstić information content (AvgIpc) is 2.19. The molecular weight excluding hydrogens is 200 g/mol. The summed E-state index contributed by atoms with van der Waals surface area (Å²) in [7, 11) is 1.46. The Balaban J connectivity index is 2.70. The Kier molecular flexibility index (Phi) is 3.37. The van der Waals surface area contributed by atoms with Gasteiger partial charge < -0.3 is 5.11 Å². The average molecular weight is 208 g/mol. The summed E-state index contributed by atoms with van der Waals surface area (Å²) in [4.78, 5) is 11.3. The zero-order valence-electron chi connectivity index (χ0n) is 7.47. The van der Waals surface area contributed by atoms with Crippen LogP contribution in [-0.4, -0.2) is 22.6 Å². The predicted octanol–water partition coefficient (Wildman–Crippen LogP) is 2.18. The van der Waals surface area contributed by atoms with E-state index in [0.717, 1.165) is 21.1 Å². The molecule has 1 N–H and O–H groups in total. The third-order valence-electron chi connectivity index (χ3n) is 1.50. The molecule has 0 aromatic heterocycles. The first-order valence-corrected chi connectivity index (χ1v) is 4.55. The number of amides is 1. The summed E-state index contributed by atoms with van der Waals surface area (Å²) in [6, 6.07) is 8.71. The first-order chi connectivity index (χ1) is 6.63. The number of rotatable bonds is 2. The minimum absolute atomic E-state index is 0.562. The molecule has 5 heteroatoms. The van der Waals surface area contributed by atoms with E-state index in [-0.39, 0.29) is 0 Å². The van der Waals surface area contributed by atoms with Crippen molar-refractivity contribution in [1.29, 1.82) is 5.26 Å². The maximum Gasteiger partial charge on any atom is 0.417 e. The summed E-state index contributed by atoms with van der Waals surface area (Å²) < 4.78 is 1.10. The summed E-state index contributed by atoms with van der Waals surface area (Å²) in [5.41, 5.74) is 0.562. The van der Waals surface area contributed by atoms with Crippen molar-refractivity contribution in [2.75, 3.05) is 7.05 Å². The molecule has 0 spiro atoms. The van der Waals surface area contributed by atoms with Crippen LogP contribution in [0, 0.1) is 11.3 Å². The molecule has 0 aliphatic rings. The minimum Gasteiger partial charge on any atom is -0.464 e. The van der Waals surface area contributed by atoms with Crippen molar-refractivity contribution < 1.29 is 9.90 Å². The van der Waals surface area contributed by atoms with Gasteiger partial charge >= 0.3 is 6.09 Å². The highest BCUT2D eigenvalue weighted by molar-refractivity contribution is 7.97. The first kappa shape index (κ1) is 10.4. The number of hydrogen-bond acceptors (Lipinski definition) is 3. The van der Waals surface area contributed by atoms with Gasteiger partial charge in [-0.1, -0.05) is 0 Å². The van der Waals surface area contributed by atoms with Gasteiger partial charge in [-0.05, 0) is 36.2 Å². The molecule has 0 unspecified atom stereocenters. The Morgan fingerprint density at radius 1 is 1.50 bits per heavy atom. The predicted molar refractivity (Wildman–Crippen MR) is 52.8 cm³/mol. The zero-order chi connectivity index (χ0) is 10.6. The lowest BCUT2D eigenvalue weighted by Gasteiger charge is -2.10. The molecule has 4 nitrogen and oxygen atoms in total. The Hall–Kier alpha value is -1.67. The zero-order valence-corrected chi connectivity index (χ0v) is 8.28. The third kappa shape index (κ3) is 2.68. The van der Waals surface area contributed by atoms with Gasteiger partial charge in [-0.3, -0.25) is 4.31 Å². The van der Waals surface area contributed by atoms with Crippen molar-refractivity contribution in [2.45, 2.75) is 4.90 Å². The highest BCUT2D eigenvalue weighted by Crippen LogP contribution is 2.21. The molecule has 0 saturated heterocycles. The fourth-order valence-electron chi connectivity index (χ4n) is 0.787. The SMILES string of the molecule is CN(Sc1ccc(C#N)cc1)C(=O)O. The van der Waals surface area contributed by atoms with Crippen LogP contribution >= 0.6 is 11.9 Å². The number of nitriles is 1. The van der Waals surface area contributed by atoms with E-state index >= 15 is 0 Å². The van der Waals surface area contributed by atoms with E-state index in [4.69, 9.17) is 10.4 Å². The molecule has 0 saturated carbocycles.